The molecule has 0 radical (unpaired) electrons. The fraction of sp³-hybridized carbons (Fsp3) is 0.286. The van der Waals surface area contributed by atoms with Gasteiger partial charge in [0.05, 0.1) is 23.4 Å². The van der Waals surface area contributed by atoms with Gasteiger partial charge in [-0.25, -0.2) is 19.6 Å². The molecule has 0 saturated carbocycles. The number of imidazole rings is 2. The minimum absolute atomic E-state index is 0.115. The van der Waals surface area contributed by atoms with Crippen molar-refractivity contribution in [3.8, 4) is 34.0 Å². The first-order valence-electron chi connectivity index (χ1n) is 21.9. The van der Waals surface area contributed by atoms with E-state index in [1.807, 2.05) is 110 Å². The summed E-state index contributed by atoms with van der Waals surface area (Å²) in [5.41, 5.74) is 5.44. The van der Waals surface area contributed by atoms with Crippen molar-refractivity contribution in [1.82, 2.24) is 45.0 Å². The SMILES string of the molecule is CCCc1nc(C(C)(C)O)c(C(=O)OCc2oc(=O)oc2C)n1Cc1ccc(-c2ccccc2-c2nn[nH]n2)cc1.COc1ccc2nc(COc3ccc(CC4SC(=O)NC4=O)cc3)n(C)c2c1. The minimum atomic E-state index is -1.41. The quantitative estimate of drug-likeness (QED) is 0.0809. The topological polar surface area (TPSA) is 245 Å². The average Bonchev–Trinajstić information content (AvgIpc) is 4.18. The number of aromatic amines is 1. The maximum absolute atomic E-state index is 13.5. The van der Waals surface area contributed by atoms with Crippen molar-refractivity contribution < 1.29 is 42.5 Å². The third-order valence-corrected chi connectivity index (χ3v) is 12.2. The highest BCUT2D eigenvalue weighted by Gasteiger charge is 2.33. The molecule has 1 fully saturated rings. The summed E-state index contributed by atoms with van der Waals surface area (Å²) in [5, 5.41) is 27.0. The molecule has 0 aliphatic carbocycles. The Morgan fingerprint density at radius 1 is 0.899 bits per heavy atom. The van der Waals surface area contributed by atoms with Crippen LogP contribution in [0.1, 0.15) is 77.7 Å². The van der Waals surface area contributed by atoms with Gasteiger partial charge in [0, 0.05) is 31.6 Å². The maximum Gasteiger partial charge on any atom is 0.519 e. The second kappa shape index (κ2) is 20.6. The summed E-state index contributed by atoms with van der Waals surface area (Å²) in [4.78, 5) is 57.1. The summed E-state index contributed by atoms with van der Waals surface area (Å²) in [6.07, 6.45) is 1.87. The summed E-state index contributed by atoms with van der Waals surface area (Å²) in [6, 6.07) is 29.0. The predicted molar refractivity (Wildman–Crippen MR) is 253 cm³/mol. The first kappa shape index (κ1) is 47.6. The fourth-order valence-electron chi connectivity index (χ4n) is 7.69. The number of nitrogens with one attached hydrogen (secondary N) is 2. The van der Waals surface area contributed by atoms with Gasteiger partial charge in [-0.05, 0) is 85.3 Å². The first-order valence-corrected chi connectivity index (χ1v) is 22.8. The van der Waals surface area contributed by atoms with Crippen LogP contribution in [0.25, 0.3) is 33.5 Å². The molecule has 1 saturated heterocycles. The number of hydrogen-bond acceptors (Lipinski definition) is 16. The maximum atomic E-state index is 13.5. The van der Waals surface area contributed by atoms with Crippen molar-refractivity contribution in [2.24, 2.45) is 7.05 Å². The number of esters is 1. The highest BCUT2D eigenvalue weighted by molar-refractivity contribution is 8.15. The van der Waals surface area contributed by atoms with Crippen LogP contribution in [0.3, 0.4) is 0 Å². The number of nitrogens with zero attached hydrogens (tertiary/aromatic N) is 7. The van der Waals surface area contributed by atoms with Crippen LogP contribution in [0, 0.1) is 6.92 Å². The van der Waals surface area contributed by atoms with E-state index in [2.05, 4.69) is 35.9 Å². The monoisotopic (exact) mass is 955 g/mol. The van der Waals surface area contributed by atoms with Gasteiger partial charge in [0.1, 0.15) is 41.0 Å². The second-order valence-electron chi connectivity index (χ2n) is 16.6. The van der Waals surface area contributed by atoms with Crippen LogP contribution < -0.4 is 20.6 Å². The number of aromatic nitrogens is 8. The number of aliphatic hydroxyl groups is 1. The number of amides is 2. The van der Waals surface area contributed by atoms with Gasteiger partial charge in [-0.2, -0.15) is 5.21 Å². The lowest BCUT2D eigenvalue weighted by molar-refractivity contribution is -0.118. The lowest BCUT2D eigenvalue weighted by Crippen LogP contribution is -2.25. The average molecular weight is 956 g/mol. The first-order chi connectivity index (χ1) is 33.2. The summed E-state index contributed by atoms with van der Waals surface area (Å²) in [5.74, 6) is 2.00. The number of methoxy groups -OCH3 is 1. The highest BCUT2D eigenvalue weighted by atomic mass is 32.2. The number of carbonyl (C=O) groups excluding carboxylic acids is 3. The van der Waals surface area contributed by atoms with E-state index >= 15 is 0 Å². The molecule has 8 aromatic rings. The van der Waals surface area contributed by atoms with E-state index in [1.54, 1.807) is 32.4 Å². The number of thioether (sulfide) groups is 1. The Bertz CT molecular complexity index is 3170. The number of ether oxygens (including phenoxy) is 3. The molecule has 1 aliphatic rings. The molecule has 9 rings (SSSR count). The van der Waals surface area contributed by atoms with Crippen LogP contribution in [0.15, 0.2) is 105 Å². The molecule has 4 aromatic carbocycles. The van der Waals surface area contributed by atoms with E-state index in [0.29, 0.717) is 43.4 Å². The third-order valence-electron chi connectivity index (χ3n) is 11.2. The van der Waals surface area contributed by atoms with Gasteiger partial charge in [0.25, 0.3) is 5.24 Å². The van der Waals surface area contributed by atoms with Crippen molar-refractivity contribution in [3.63, 3.8) is 0 Å². The number of benzene rings is 4. The van der Waals surface area contributed by atoms with Crippen molar-refractivity contribution in [3.05, 3.63) is 147 Å². The molecular formula is C49H49N9O10S. The third kappa shape index (κ3) is 11.0. The van der Waals surface area contributed by atoms with Gasteiger partial charge in [0.2, 0.25) is 11.7 Å². The van der Waals surface area contributed by atoms with Crippen LogP contribution in [0.5, 0.6) is 11.5 Å². The molecule has 19 nitrogen and oxygen atoms in total. The number of hydrogen-bond donors (Lipinski definition) is 3. The number of rotatable bonds is 16. The Hall–Kier alpha value is -7.84. The lowest BCUT2D eigenvalue weighted by Gasteiger charge is -2.17. The van der Waals surface area contributed by atoms with Gasteiger partial charge in [0.15, 0.2) is 23.8 Å². The predicted octanol–water partition coefficient (Wildman–Crippen LogP) is 7.23. The second-order valence-corrected chi connectivity index (χ2v) is 17.7. The molecular weight excluding hydrogens is 907 g/mol. The summed E-state index contributed by atoms with van der Waals surface area (Å²) in [6.45, 7) is 7.05. The normalized spacial score (nSPS) is 13.6. The van der Waals surface area contributed by atoms with Gasteiger partial charge in [-0.1, -0.05) is 79.3 Å². The zero-order valence-corrected chi connectivity index (χ0v) is 39.5. The van der Waals surface area contributed by atoms with Gasteiger partial charge < -0.3 is 37.3 Å². The Balaban J connectivity index is 0.000000200. The molecule has 4 aromatic heterocycles. The van der Waals surface area contributed by atoms with Crippen molar-refractivity contribution in [1.29, 1.82) is 0 Å². The van der Waals surface area contributed by atoms with Crippen LogP contribution in [-0.2, 0) is 54.8 Å². The van der Waals surface area contributed by atoms with Gasteiger partial charge in [-0.15, -0.1) is 10.2 Å². The number of carbonyl (C=O) groups is 3. The van der Waals surface area contributed by atoms with E-state index in [9.17, 15) is 24.3 Å². The van der Waals surface area contributed by atoms with E-state index in [-0.39, 0.29) is 45.9 Å². The number of aryl methyl sites for hydroxylation is 3. The Kier molecular flexibility index (Phi) is 14.2. The minimum Gasteiger partial charge on any atom is -0.497 e. The van der Waals surface area contributed by atoms with E-state index in [0.717, 1.165) is 68.6 Å². The molecule has 3 N–H and O–H groups in total. The van der Waals surface area contributed by atoms with Crippen LogP contribution >= 0.6 is 11.8 Å². The van der Waals surface area contributed by atoms with Gasteiger partial charge >= 0.3 is 11.8 Å². The van der Waals surface area contributed by atoms with Crippen molar-refractivity contribution >= 4 is 39.9 Å². The number of H-pyrrole nitrogens is 1. The highest BCUT2D eigenvalue weighted by Crippen LogP contribution is 2.32. The molecule has 1 atom stereocenters. The van der Waals surface area contributed by atoms with Crippen molar-refractivity contribution in [2.45, 2.75) is 77.6 Å². The number of tetrazole rings is 1. The van der Waals surface area contributed by atoms with E-state index in [1.165, 1.54) is 0 Å². The molecule has 356 valence electrons. The van der Waals surface area contributed by atoms with Gasteiger partial charge in [-0.3, -0.25) is 14.9 Å². The zero-order chi connectivity index (χ0) is 48.8. The Labute approximate surface area is 399 Å². The van der Waals surface area contributed by atoms with Crippen molar-refractivity contribution in [2.75, 3.05) is 7.11 Å². The van der Waals surface area contributed by atoms with Crippen LogP contribution in [0.4, 0.5) is 4.79 Å². The largest absolute Gasteiger partial charge is 0.519 e. The molecule has 5 heterocycles. The molecule has 2 amide bonds. The molecule has 0 spiro atoms. The summed E-state index contributed by atoms with van der Waals surface area (Å²) in [7, 11) is 3.59. The molecule has 0 bridgehead atoms. The molecule has 1 aliphatic heterocycles. The number of imide groups is 1. The molecule has 20 heteroatoms. The van der Waals surface area contributed by atoms with E-state index in [4.69, 9.17) is 23.0 Å². The molecule has 1 unspecified atom stereocenters. The van der Waals surface area contributed by atoms with Crippen LogP contribution in [0.2, 0.25) is 0 Å². The zero-order valence-electron chi connectivity index (χ0n) is 38.6. The van der Waals surface area contributed by atoms with E-state index < -0.39 is 17.4 Å². The lowest BCUT2D eigenvalue weighted by atomic mass is 9.98. The smallest absolute Gasteiger partial charge is 0.497 e. The Morgan fingerprint density at radius 2 is 1.62 bits per heavy atom. The Morgan fingerprint density at radius 3 is 2.26 bits per heavy atom. The summed E-state index contributed by atoms with van der Waals surface area (Å²) < 4.78 is 30.2. The summed E-state index contributed by atoms with van der Waals surface area (Å²) >= 11 is 1.04. The molecule has 69 heavy (non-hydrogen) atoms. The standard InChI is InChI=1S/C29H30N6O6.C20H19N3O4S/c1-5-8-23-30-25(29(3,4)38)24(27(36)39-16-22-17(2)40-28(37)41-22)35(23)15-18-11-13-19(14-12-18)20-9-6-7-10-21(20)26-31-33-34-32-26;1-23-16-10-14(26-2)7-8-15(16)21-18(23)11-27-13-5-3-12(4-6-13)9-17-19(24)22-20(25)28-17/h6-7,9-14,38H,5,8,15-16H2,1-4H3,(H,31,32,33,34);3-8,10,17H,9,11H2,1-2H3,(H,22,24,25). The number of fused-ring (bicyclic) bond motifs is 1. The van der Waals surface area contributed by atoms with Crippen LogP contribution in [-0.4, -0.2) is 74.3 Å². The fourth-order valence-corrected chi connectivity index (χ4v) is 8.55.